The van der Waals surface area contributed by atoms with Gasteiger partial charge in [0.15, 0.2) is 5.82 Å². The third-order valence-electron chi connectivity index (χ3n) is 4.16. The first-order valence-corrected chi connectivity index (χ1v) is 7.05. The molecule has 7 heteroatoms. The standard InChI is InChI=1S/C15H12F3N3O/c16-10-6-9(10)12(22)13-19-14-15(17,18)7-11(21(14)20-13)8-4-2-1-3-5-8/h1-5,9-11H,6-7H2/t9-,10-,11-/m0/s1. The quantitative estimate of drug-likeness (QED) is 0.819. The number of hydrogen-bond acceptors (Lipinski definition) is 3. The highest BCUT2D eigenvalue weighted by Gasteiger charge is 2.51. The first-order chi connectivity index (χ1) is 10.5. The molecule has 4 rings (SSSR count). The predicted octanol–water partition coefficient (Wildman–Crippen LogP) is 2.90. The van der Waals surface area contributed by atoms with E-state index in [-0.39, 0.29) is 12.2 Å². The second-order valence-corrected chi connectivity index (χ2v) is 5.76. The van der Waals surface area contributed by atoms with Crippen LogP contribution in [0.3, 0.4) is 0 Å². The molecular formula is C15H12F3N3O. The second-order valence-electron chi connectivity index (χ2n) is 5.76. The number of halogens is 3. The van der Waals surface area contributed by atoms with Crippen molar-refractivity contribution in [3.05, 3.63) is 47.5 Å². The lowest BCUT2D eigenvalue weighted by Gasteiger charge is -2.11. The Morgan fingerprint density at radius 3 is 2.59 bits per heavy atom. The van der Waals surface area contributed by atoms with Gasteiger partial charge in [-0.2, -0.15) is 8.78 Å². The summed E-state index contributed by atoms with van der Waals surface area (Å²) in [6.07, 6.45) is -1.51. The Morgan fingerprint density at radius 2 is 1.95 bits per heavy atom. The number of carbonyl (C=O) groups is 1. The summed E-state index contributed by atoms with van der Waals surface area (Å²) < 4.78 is 42.4. The number of nitrogens with zero attached hydrogens (tertiary/aromatic N) is 3. The minimum atomic E-state index is -3.15. The summed E-state index contributed by atoms with van der Waals surface area (Å²) in [5.41, 5.74) is 0.680. The van der Waals surface area contributed by atoms with Crippen LogP contribution in [0.4, 0.5) is 13.2 Å². The number of ketones is 1. The molecule has 1 aromatic heterocycles. The van der Waals surface area contributed by atoms with E-state index in [4.69, 9.17) is 0 Å². The van der Waals surface area contributed by atoms with Crippen LogP contribution in [0.2, 0.25) is 0 Å². The van der Waals surface area contributed by atoms with Crippen LogP contribution in [-0.4, -0.2) is 26.7 Å². The van der Waals surface area contributed by atoms with E-state index in [2.05, 4.69) is 10.1 Å². The average molecular weight is 307 g/mol. The van der Waals surface area contributed by atoms with Gasteiger partial charge in [0.25, 0.3) is 0 Å². The highest BCUT2D eigenvalue weighted by molar-refractivity contribution is 5.96. The number of alkyl halides is 3. The lowest BCUT2D eigenvalue weighted by atomic mass is 10.0. The highest BCUT2D eigenvalue weighted by atomic mass is 19.3. The van der Waals surface area contributed by atoms with Gasteiger partial charge >= 0.3 is 5.92 Å². The topological polar surface area (TPSA) is 47.8 Å². The number of fused-ring (bicyclic) bond motifs is 1. The van der Waals surface area contributed by atoms with Crippen LogP contribution >= 0.6 is 0 Å². The third kappa shape index (κ3) is 1.95. The molecule has 0 bridgehead atoms. The van der Waals surface area contributed by atoms with Gasteiger partial charge in [-0.1, -0.05) is 30.3 Å². The van der Waals surface area contributed by atoms with Crippen molar-refractivity contribution in [3.63, 3.8) is 0 Å². The van der Waals surface area contributed by atoms with Crippen LogP contribution in [0.25, 0.3) is 0 Å². The van der Waals surface area contributed by atoms with Crippen molar-refractivity contribution in [2.45, 2.75) is 31.0 Å². The van der Waals surface area contributed by atoms with Gasteiger partial charge in [0, 0.05) is 6.42 Å². The summed E-state index contributed by atoms with van der Waals surface area (Å²) in [6, 6.07) is 8.11. The van der Waals surface area contributed by atoms with Crippen molar-refractivity contribution in [2.75, 3.05) is 0 Å². The number of rotatable bonds is 3. The number of benzene rings is 1. The molecule has 114 valence electrons. The molecular weight excluding hydrogens is 295 g/mol. The molecule has 0 amide bonds. The van der Waals surface area contributed by atoms with Crippen molar-refractivity contribution in [2.24, 2.45) is 5.92 Å². The van der Waals surface area contributed by atoms with E-state index in [0.717, 1.165) is 4.68 Å². The molecule has 0 N–H and O–H groups in total. The Morgan fingerprint density at radius 1 is 1.27 bits per heavy atom. The second kappa shape index (κ2) is 4.41. The third-order valence-corrected chi connectivity index (χ3v) is 4.16. The SMILES string of the molecule is O=C(c1nc2n(n1)[C@H](c1ccccc1)CC2(F)F)[C@H]1C[C@@H]1F. The van der Waals surface area contributed by atoms with Crippen LogP contribution < -0.4 is 0 Å². The summed E-state index contributed by atoms with van der Waals surface area (Å²) >= 11 is 0. The lowest BCUT2D eigenvalue weighted by molar-refractivity contribution is -0.00883. The van der Waals surface area contributed by atoms with Gasteiger partial charge in [0.05, 0.1) is 12.0 Å². The van der Waals surface area contributed by atoms with Crippen LogP contribution in [-0.2, 0) is 5.92 Å². The summed E-state index contributed by atoms with van der Waals surface area (Å²) in [6.45, 7) is 0. The molecule has 1 fully saturated rings. The highest BCUT2D eigenvalue weighted by Crippen LogP contribution is 2.45. The Bertz CT molecular complexity index is 744. The summed E-state index contributed by atoms with van der Waals surface area (Å²) in [4.78, 5) is 15.7. The fourth-order valence-corrected chi connectivity index (χ4v) is 2.85. The summed E-state index contributed by atoms with van der Waals surface area (Å²) in [7, 11) is 0. The van der Waals surface area contributed by atoms with Gasteiger partial charge in [-0.25, -0.2) is 14.1 Å². The smallest absolute Gasteiger partial charge is 0.290 e. The molecule has 3 atom stereocenters. The van der Waals surface area contributed by atoms with Crippen molar-refractivity contribution >= 4 is 5.78 Å². The van der Waals surface area contributed by atoms with E-state index >= 15 is 0 Å². The number of aromatic nitrogens is 3. The minimum Gasteiger partial charge on any atom is -0.290 e. The Labute approximate surface area is 124 Å². The van der Waals surface area contributed by atoms with Gasteiger partial charge in [0.2, 0.25) is 11.6 Å². The van der Waals surface area contributed by atoms with E-state index in [0.29, 0.717) is 5.56 Å². The number of carbonyl (C=O) groups excluding carboxylic acids is 1. The van der Waals surface area contributed by atoms with Gasteiger partial charge < -0.3 is 0 Å². The summed E-state index contributed by atoms with van der Waals surface area (Å²) in [5.74, 6) is -5.32. The molecule has 4 nitrogen and oxygen atoms in total. The van der Waals surface area contributed by atoms with Gasteiger partial charge in [-0.15, -0.1) is 5.10 Å². The molecule has 0 saturated heterocycles. The van der Waals surface area contributed by atoms with Gasteiger partial charge in [-0.3, -0.25) is 4.79 Å². The molecule has 0 unspecified atom stereocenters. The fourth-order valence-electron chi connectivity index (χ4n) is 2.85. The molecule has 0 radical (unpaired) electrons. The number of Topliss-reactive ketones (excluding diaryl/α,β-unsaturated/α-hetero) is 1. The van der Waals surface area contributed by atoms with Crippen molar-refractivity contribution in [1.82, 2.24) is 14.8 Å². The largest absolute Gasteiger partial charge is 0.308 e. The average Bonchev–Trinajstić information content (AvgIpc) is 2.97. The Kier molecular flexibility index (Phi) is 2.70. The molecule has 2 heterocycles. The molecule has 2 aromatic rings. The minimum absolute atomic E-state index is 0.126. The first kappa shape index (κ1) is 13.5. The molecule has 1 aliphatic heterocycles. The normalized spacial score (nSPS) is 28.4. The number of hydrogen-bond donors (Lipinski definition) is 0. The molecule has 1 aromatic carbocycles. The zero-order valence-corrected chi connectivity index (χ0v) is 11.4. The molecule has 1 saturated carbocycles. The zero-order valence-electron chi connectivity index (χ0n) is 11.4. The van der Waals surface area contributed by atoms with Crippen LogP contribution in [0.1, 0.15) is 40.9 Å². The fraction of sp³-hybridized carbons (Fsp3) is 0.400. The molecule has 22 heavy (non-hydrogen) atoms. The van der Waals surface area contributed by atoms with E-state index in [1.165, 1.54) is 0 Å². The maximum Gasteiger partial charge on any atom is 0.308 e. The van der Waals surface area contributed by atoms with Crippen molar-refractivity contribution in [3.8, 4) is 0 Å². The van der Waals surface area contributed by atoms with E-state index < -0.39 is 42.1 Å². The van der Waals surface area contributed by atoms with Gasteiger partial charge in [0.1, 0.15) is 6.17 Å². The van der Waals surface area contributed by atoms with E-state index in [1.807, 2.05) is 0 Å². The summed E-state index contributed by atoms with van der Waals surface area (Å²) in [5, 5.41) is 3.95. The van der Waals surface area contributed by atoms with E-state index in [9.17, 15) is 18.0 Å². The predicted molar refractivity (Wildman–Crippen MR) is 70.4 cm³/mol. The van der Waals surface area contributed by atoms with Crippen LogP contribution in [0.15, 0.2) is 30.3 Å². The Hall–Kier alpha value is -2.18. The molecule has 2 aliphatic rings. The maximum atomic E-state index is 14.1. The van der Waals surface area contributed by atoms with Crippen molar-refractivity contribution < 1.29 is 18.0 Å². The van der Waals surface area contributed by atoms with E-state index in [1.54, 1.807) is 30.3 Å². The van der Waals surface area contributed by atoms with Crippen LogP contribution in [0.5, 0.6) is 0 Å². The lowest BCUT2D eigenvalue weighted by Crippen LogP contribution is -2.13. The molecule has 1 aliphatic carbocycles. The Balaban J connectivity index is 1.74. The van der Waals surface area contributed by atoms with Gasteiger partial charge in [-0.05, 0) is 12.0 Å². The monoisotopic (exact) mass is 307 g/mol. The molecule has 0 spiro atoms. The zero-order chi connectivity index (χ0) is 15.5. The van der Waals surface area contributed by atoms with Crippen molar-refractivity contribution in [1.29, 1.82) is 0 Å². The first-order valence-electron chi connectivity index (χ1n) is 7.05. The maximum absolute atomic E-state index is 14.1. The van der Waals surface area contributed by atoms with Crippen LogP contribution in [0, 0.1) is 5.92 Å².